The van der Waals surface area contributed by atoms with Gasteiger partial charge in [-0.15, -0.1) is 0 Å². The summed E-state index contributed by atoms with van der Waals surface area (Å²) >= 11 is 9.53. The van der Waals surface area contributed by atoms with Crippen LogP contribution in [0.4, 0.5) is 5.69 Å². The van der Waals surface area contributed by atoms with Crippen LogP contribution in [-0.2, 0) is 6.54 Å². The lowest BCUT2D eigenvalue weighted by Gasteiger charge is -2.09. The lowest BCUT2D eigenvalue weighted by Crippen LogP contribution is -2.19. The van der Waals surface area contributed by atoms with E-state index in [1.807, 2.05) is 18.2 Å². The minimum absolute atomic E-state index is 0.350. The second-order valence-electron chi connectivity index (χ2n) is 4.63. The van der Waals surface area contributed by atoms with E-state index in [0.717, 1.165) is 15.7 Å². The molecule has 2 N–H and O–H groups in total. The minimum atomic E-state index is -0.362. The molecule has 0 spiro atoms. The van der Waals surface area contributed by atoms with Gasteiger partial charge >= 0.3 is 0 Å². The Morgan fingerprint density at radius 2 is 1.81 bits per heavy atom. The molecule has 0 radical (unpaired) electrons. The van der Waals surface area contributed by atoms with Gasteiger partial charge in [0.15, 0.2) is 0 Å². The normalized spacial score (nSPS) is 13.0. The van der Waals surface area contributed by atoms with E-state index >= 15 is 0 Å². The van der Waals surface area contributed by atoms with E-state index in [0.29, 0.717) is 22.7 Å². The van der Waals surface area contributed by atoms with Crippen molar-refractivity contribution in [3.05, 3.63) is 62.6 Å². The van der Waals surface area contributed by atoms with Crippen molar-refractivity contribution in [1.82, 2.24) is 5.32 Å². The van der Waals surface area contributed by atoms with Crippen LogP contribution < -0.4 is 10.6 Å². The highest BCUT2D eigenvalue weighted by atomic mass is 79.9. The first kappa shape index (κ1) is 14.1. The van der Waals surface area contributed by atoms with Crippen molar-refractivity contribution in [3.8, 4) is 0 Å². The second-order valence-corrected chi connectivity index (χ2v) is 5.96. The number of amides is 2. The summed E-state index contributed by atoms with van der Waals surface area (Å²) in [5, 5.41) is 6.13. The SMILES string of the molecule is O=C1NC(=O)c2cc(NCc3cc(Br)ccc3Cl)ccc21. The monoisotopic (exact) mass is 364 g/mol. The van der Waals surface area contributed by atoms with Crippen LogP contribution in [0.5, 0.6) is 0 Å². The second kappa shape index (κ2) is 5.50. The maximum Gasteiger partial charge on any atom is 0.259 e. The molecule has 2 amide bonds. The van der Waals surface area contributed by atoms with Gasteiger partial charge in [-0.3, -0.25) is 14.9 Å². The third-order valence-corrected chi connectivity index (χ3v) is 4.09. The first-order chi connectivity index (χ1) is 10.0. The zero-order chi connectivity index (χ0) is 15.0. The Morgan fingerprint density at radius 1 is 1.05 bits per heavy atom. The highest BCUT2D eigenvalue weighted by molar-refractivity contribution is 9.10. The molecule has 0 bridgehead atoms. The van der Waals surface area contributed by atoms with Gasteiger partial charge in [0, 0.05) is 21.7 Å². The van der Waals surface area contributed by atoms with Gasteiger partial charge in [-0.25, -0.2) is 0 Å². The van der Waals surface area contributed by atoms with Crippen LogP contribution in [0, 0.1) is 0 Å². The van der Waals surface area contributed by atoms with E-state index in [1.54, 1.807) is 18.2 Å². The van der Waals surface area contributed by atoms with Crippen molar-refractivity contribution in [2.24, 2.45) is 0 Å². The Bertz CT molecular complexity index is 761. The van der Waals surface area contributed by atoms with E-state index in [9.17, 15) is 9.59 Å². The highest BCUT2D eigenvalue weighted by Gasteiger charge is 2.26. The molecule has 6 heteroatoms. The van der Waals surface area contributed by atoms with Crippen LogP contribution in [0.15, 0.2) is 40.9 Å². The van der Waals surface area contributed by atoms with Crippen molar-refractivity contribution in [1.29, 1.82) is 0 Å². The third kappa shape index (κ3) is 2.80. The fourth-order valence-corrected chi connectivity index (χ4v) is 2.75. The molecule has 1 aliphatic rings. The van der Waals surface area contributed by atoms with Crippen LogP contribution in [-0.4, -0.2) is 11.8 Å². The zero-order valence-electron chi connectivity index (χ0n) is 10.7. The third-order valence-electron chi connectivity index (χ3n) is 3.23. The summed E-state index contributed by atoms with van der Waals surface area (Å²) in [6.07, 6.45) is 0. The van der Waals surface area contributed by atoms with Crippen molar-refractivity contribution in [3.63, 3.8) is 0 Å². The molecular formula is C15H10BrClN2O2. The Morgan fingerprint density at radius 3 is 2.62 bits per heavy atom. The summed E-state index contributed by atoms with van der Waals surface area (Å²) in [5.41, 5.74) is 2.50. The van der Waals surface area contributed by atoms with Gasteiger partial charge in [0.25, 0.3) is 11.8 Å². The number of anilines is 1. The number of halogens is 2. The van der Waals surface area contributed by atoms with Gasteiger partial charge in [-0.1, -0.05) is 27.5 Å². The fraction of sp³-hybridized carbons (Fsp3) is 0.0667. The number of fused-ring (bicyclic) bond motifs is 1. The Hall–Kier alpha value is -1.85. The van der Waals surface area contributed by atoms with Crippen molar-refractivity contribution in [2.75, 3.05) is 5.32 Å². The summed E-state index contributed by atoms with van der Waals surface area (Å²) < 4.78 is 0.947. The lowest BCUT2D eigenvalue weighted by molar-refractivity contribution is 0.0879. The van der Waals surface area contributed by atoms with Gasteiger partial charge < -0.3 is 5.32 Å². The molecule has 2 aromatic carbocycles. The Labute approximate surface area is 134 Å². The number of hydrogen-bond donors (Lipinski definition) is 2. The average Bonchev–Trinajstić information content (AvgIpc) is 2.75. The van der Waals surface area contributed by atoms with Crippen molar-refractivity contribution < 1.29 is 9.59 Å². The van der Waals surface area contributed by atoms with Crippen LogP contribution in [0.1, 0.15) is 26.3 Å². The number of nitrogens with one attached hydrogen (secondary N) is 2. The summed E-state index contributed by atoms with van der Waals surface area (Å²) in [5.74, 6) is -0.712. The molecule has 4 nitrogen and oxygen atoms in total. The molecule has 2 aromatic rings. The van der Waals surface area contributed by atoms with Crippen LogP contribution in [0.3, 0.4) is 0 Å². The maximum absolute atomic E-state index is 11.6. The zero-order valence-corrected chi connectivity index (χ0v) is 13.1. The van der Waals surface area contributed by atoms with Crippen molar-refractivity contribution in [2.45, 2.75) is 6.54 Å². The molecule has 0 unspecified atom stereocenters. The molecule has 21 heavy (non-hydrogen) atoms. The summed E-state index contributed by atoms with van der Waals surface area (Å²) in [6, 6.07) is 10.7. The standard InChI is InChI=1S/C15H10BrClN2O2/c16-9-1-4-13(17)8(5-9)7-18-10-2-3-11-12(6-10)15(21)19-14(11)20/h1-6,18H,7H2,(H,19,20,21). The largest absolute Gasteiger partial charge is 0.381 e. The van der Waals surface area contributed by atoms with Gasteiger partial charge in [-0.2, -0.15) is 0 Å². The van der Waals surface area contributed by atoms with E-state index in [2.05, 4.69) is 26.6 Å². The molecule has 0 fully saturated rings. The summed E-state index contributed by atoms with van der Waals surface area (Å²) in [4.78, 5) is 23.1. The quantitative estimate of drug-likeness (QED) is 0.817. The molecule has 3 rings (SSSR count). The fourth-order valence-electron chi connectivity index (χ4n) is 2.15. The van der Waals surface area contributed by atoms with Crippen molar-refractivity contribution >= 4 is 45.0 Å². The van der Waals surface area contributed by atoms with Crippen LogP contribution >= 0.6 is 27.5 Å². The molecule has 0 aliphatic carbocycles. The van der Waals surface area contributed by atoms with E-state index < -0.39 is 0 Å². The van der Waals surface area contributed by atoms with E-state index in [4.69, 9.17) is 11.6 Å². The van der Waals surface area contributed by atoms with Crippen LogP contribution in [0.2, 0.25) is 5.02 Å². The van der Waals surface area contributed by atoms with Gasteiger partial charge in [0.1, 0.15) is 0 Å². The van der Waals surface area contributed by atoms with Gasteiger partial charge in [0.05, 0.1) is 11.1 Å². The molecule has 0 aromatic heterocycles. The first-order valence-electron chi connectivity index (χ1n) is 6.22. The van der Waals surface area contributed by atoms with Gasteiger partial charge in [-0.05, 0) is 42.0 Å². The number of imide groups is 1. The Balaban J connectivity index is 1.80. The molecule has 0 saturated carbocycles. The molecular weight excluding hydrogens is 356 g/mol. The number of carbonyl (C=O) groups excluding carboxylic acids is 2. The Kier molecular flexibility index (Phi) is 3.69. The summed E-state index contributed by atoms with van der Waals surface area (Å²) in [6.45, 7) is 0.520. The first-order valence-corrected chi connectivity index (χ1v) is 7.39. The highest BCUT2D eigenvalue weighted by Crippen LogP contribution is 2.24. The van der Waals surface area contributed by atoms with Gasteiger partial charge in [0.2, 0.25) is 0 Å². The van der Waals surface area contributed by atoms with Crippen LogP contribution in [0.25, 0.3) is 0 Å². The lowest BCUT2D eigenvalue weighted by atomic mass is 10.1. The maximum atomic E-state index is 11.6. The number of hydrogen-bond acceptors (Lipinski definition) is 3. The molecule has 0 atom stereocenters. The molecule has 1 heterocycles. The van der Waals surface area contributed by atoms with E-state index in [1.165, 1.54) is 0 Å². The predicted molar refractivity (Wildman–Crippen MR) is 84.7 cm³/mol. The summed E-state index contributed by atoms with van der Waals surface area (Å²) in [7, 11) is 0. The molecule has 106 valence electrons. The smallest absolute Gasteiger partial charge is 0.259 e. The molecule has 0 saturated heterocycles. The van der Waals surface area contributed by atoms with E-state index in [-0.39, 0.29) is 11.8 Å². The minimum Gasteiger partial charge on any atom is -0.381 e. The predicted octanol–water partition coefficient (Wildman–Crippen LogP) is 3.60. The topological polar surface area (TPSA) is 58.2 Å². The number of rotatable bonds is 3. The number of benzene rings is 2. The molecule has 1 aliphatic heterocycles. The average molecular weight is 366 g/mol. The number of carbonyl (C=O) groups is 2.